The van der Waals surface area contributed by atoms with Gasteiger partial charge in [0.25, 0.3) is 0 Å². The predicted molar refractivity (Wildman–Crippen MR) is 80.5 cm³/mol. The van der Waals surface area contributed by atoms with Gasteiger partial charge in [0.1, 0.15) is 6.07 Å². The van der Waals surface area contributed by atoms with E-state index in [-0.39, 0.29) is 13.1 Å². The first kappa shape index (κ1) is 16.5. The van der Waals surface area contributed by atoms with E-state index in [0.717, 1.165) is 0 Å². The third-order valence-electron chi connectivity index (χ3n) is 3.94. The summed E-state index contributed by atoms with van der Waals surface area (Å²) in [4.78, 5) is 5.68. The molecule has 5 nitrogen and oxygen atoms in total. The number of pyridine rings is 1. The number of anilines is 1. The zero-order chi connectivity index (χ0) is 17.3. The molecule has 0 saturated carbocycles. The number of aliphatic hydroxyl groups excluding tert-OH is 1. The monoisotopic (exact) mass is 337 g/mol. The van der Waals surface area contributed by atoms with Crippen LogP contribution >= 0.6 is 0 Å². The number of aromatic nitrogens is 1. The molecule has 0 radical (unpaired) electrons. The molecule has 126 valence electrons. The van der Waals surface area contributed by atoms with E-state index >= 15 is 0 Å². The molecule has 2 atom stereocenters. The minimum absolute atomic E-state index is 0.124. The number of benzene rings is 1. The average Bonchev–Trinajstić information content (AvgIpc) is 2.59. The van der Waals surface area contributed by atoms with Crippen LogP contribution in [0.2, 0.25) is 0 Å². The van der Waals surface area contributed by atoms with Crippen molar-refractivity contribution in [3.63, 3.8) is 0 Å². The van der Waals surface area contributed by atoms with Crippen LogP contribution in [0.3, 0.4) is 0 Å². The summed E-state index contributed by atoms with van der Waals surface area (Å²) in [7, 11) is 0. The van der Waals surface area contributed by atoms with E-state index < -0.39 is 25.0 Å². The number of morpholine rings is 1. The number of halogens is 3. The Balaban J connectivity index is 2.05. The van der Waals surface area contributed by atoms with Crippen LogP contribution in [0.5, 0.6) is 0 Å². The molecule has 1 fully saturated rings. The lowest BCUT2D eigenvalue weighted by atomic mass is 10.1. The fraction of sp³-hybridized carbons (Fsp3) is 0.375. The van der Waals surface area contributed by atoms with Crippen molar-refractivity contribution >= 4 is 16.6 Å². The van der Waals surface area contributed by atoms with Crippen LogP contribution in [0.4, 0.5) is 18.9 Å². The van der Waals surface area contributed by atoms with Gasteiger partial charge in [-0.1, -0.05) is 0 Å². The second kappa shape index (κ2) is 6.26. The molecule has 1 aliphatic rings. The quantitative estimate of drug-likeness (QED) is 0.910. The molecule has 2 aromatic rings. The smallest absolute Gasteiger partial charge is 0.394 e. The number of aliphatic hydroxyl groups is 1. The first-order valence-electron chi connectivity index (χ1n) is 7.30. The number of ether oxygens (including phenoxy) is 1. The molecule has 1 aromatic heterocycles. The SMILES string of the molecule is N#Cc1ccc(N2C[C@H](CO)O[C@H](C(F)(F)F)C2)c2cccnc12. The lowest BCUT2D eigenvalue weighted by molar-refractivity contribution is -0.238. The van der Waals surface area contributed by atoms with E-state index in [0.29, 0.717) is 22.2 Å². The maximum atomic E-state index is 13.1. The number of nitrogens with zero attached hydrogens (tertiary/aromatic N) is 3. The summed E-state index contributed by atoms with van der Waals surface area (Å²) < 4.78 is 44.2. The Morgan fingerprint density at radius 3 is 2.79 bits per heavy atom. The second-order valence-corrected chi connectivity index (χ2v) is 5.52. The van der Waals surface area contributed by atoms with Gasteiger partial charge in [0.2, 0.25) is 0 Å². The Labute approximate surface area is 135 Å². The Hall–Kier alpha value is -2.37. The third-order valence-corrected chi connectivity index (χ3v) is 3.94. The Kier molecular flexibility index (Phi) is 4.30. The van der Waals surface area contributed by atoms with Crippen molar-refractivity contribution < 1.29 is 23.0 Å². The molecular weight excluding hydrogens is 323 g/mol. The summed E-state index contributed by atoms with van der Waals surface area (Å²) in [6.07, 6.45) is -5.91. The van der Waals surface area contributed by atoms with E-state index in [1.165, 1.54) is 17.2 Å². The number of hydrogen-bond acceptors (Lipinski definition) is 5. The van der Waals surface area contributed by atoms with Crippen molar-refractivity contribution in [1.29, 1.82) is 5.26 Å². The molecule has 1 aromatic carbocycles. The molecule has 2 heterocycles. The molecule has 1 N–H and O–H groups in total. The van der Waals surface area contributed by atoms with Crippen LogP contribution in [-0.4, -0.2) is 48.2 Å². The fourth-order valence-electron chi connectivity index (χ4n) is 2.84. The molecular formula is C16H14F3N3O2. The van der Waals surface area contributed by atoms with Crippen molar-refractivity contribution in [2.24, 2.45) is 0 Å². The van der Waals surface area contributed by atoms with Crippen molar-refractivity contribution in [1.82, 2.24) is 4.98 Å². The Bertz CT molecular complexity index is 788. The summed E-state index contributed by atoms with van der Waals surface area (Å²) >= 11 is 0. The zero-order valence-corrected chi connectivity index (χ0v) is 12.5. The van der Waals surface area contributed by atoms with Crippen molar-refractivity contribution in [3.8, 4) is 6.07 Å². The number of rotatable bonds is 2. The molecule has 24 heavy (non-hydrogen) atoms. The van der Waals surface area contributed by atoms with E-state index in [2.05, 4.69) is 4.98 Å². The number of nitriles is 1. The van der Waals surface area contributed by atoms with Gasteiger partial charge in [-0.05, 0) is 24.3 Å². The number of hydrogen-bond donors (Lipinski definition) is 1. The van der Waals surface area contributed by atoms with E-state index in [4.69, 9.17) is 10.00 Å². The van der Waals surface area contributed by atoms with Gasteiger partial charge < -0.3 is 14.7 Å². The van der Waals surface area contributed by atoms with Gasteiger partial charge in [0.15, 0.2) is 6.10 Å². The van der Waals surface area contributed by atoms with E-state index in [9.17, 15) is 18.3 Å². The Morgan fingerprint density at radius 1 is 1.33 bits per heavy atom. The maximum Gasteiger partial charge on any atom is 0.416 e. The lowest BCUT2D eigenvalue weighted by Crippen LogP contribution is -2.54. The molecule has 1 saturated heterocycles. The average molecular weight is 337 g/mol. The largest absolute Gasteiger partial charge is 0.416 e. The van der Waals surface area contributed by atoms with Gasteiger partial charge in [0, 0.05) is 23.8 Å². The summed E-state index contributed by atoms with van der Waals surface area (Å²) in [6, 6.07) is 8.55. The molecule has 0 amide bonds. The second-order valence-electron chi connectivity index (χ2n) is 5.52. The summed E-state index contributed by atoms with van der Waals surface area (Å²) in [5.74, 6) is 0. The topological polar surface area (TPSA) is 69.4 Å². The van der Waals surface area contributed by atoms with Gasteiger partial charge in [-0.3, -0.25) is 4.98 Å². The molecule has 0 bridgehead atoms. The zero-order valence-electron chi connectivity index (χ0n) is 12.5. The molecule has 8 heteroatoms. The first-order valence-corrected chi connectivity index (χ1v) is 7.30. The maximum absolute atomic E-state index is 13.1. The van der Waals surface area contributed by atoms with E-state index in [1.54, 1.807) is 18.2 Å². The van der Waals surface area contributed by atoms with E-state index in [1.807, 2.05) is 6.07 Å². The molecule has 0 spiro atoms. The standard InChI is InChI=1S/C16H14F3N3O2/c17-16(18,19)14-8-22(7-11(9-23)24-14)13-4-3-10(6-20)15-12(13)2-1-5-21-15/h1-5,11,14,23H,7-9H2/t11-,14+/m1/s1. The van der Waals surface area contributed by atoms with Crippen LogP contribution in [0.15, 0.2) is 30.5 Å². The first-order chi connectivity index (χ1) is 11.4. The van der Waals surface area contributed by atoms with Crippen molar-refractivity contribution in [3.05, 3.63) is 36.0 Å². The number of fused-ring (bicyclic) bond motifs is 1. The van der Waals surface area contributed by atoms with Crippen molar-refractivity contribution in [2.75, 3.05) is 24.6 Å². The minimum atomic E-state index is -4.52. The van der Waals surface area contributed by atoms with Gasteiger partial charge in [-0.2, -0.15) is 18.4 Å². The molecule has 1 aliphatic heterocycles. The van der Waals surface area contributed by atoms with Gasteiger partial charge in [-0.25, -0.2) is 0 Å². The van der Waals surface area contributed by atoms with Crippen LogP contribution in [-0.2, 0) is 4.74 Å². The van der Waals surface area contributed by atoms with Crippen LogP contribution in [0, 0.1) is 11.3 Å². The van der Waals surface area contributed by atoms with Gasteiger partial charge in [-0.15, -0.1) is 0 Å². The highest BCUT2D eigenvalue weighted by Crippen LogP contribution is 2.33. The third kappa shape index (κ3) is 3.00. The normalized spacial score (nSPS) is 21.7. The highest BCUT2D eigenvalue weighted by Gasteiger charge is 2.46. The predicted octanol–water partition coefficient (Wildman–Crippen LogP) is 2.23. The van der Waals surface area contributed by atoms with Crippen molar-refractivity contribution in [2.45, 2.75) is 18.4 Å². The molecule has 3 rings (SSSR count). The lowest BCUT2D eigenvalue weighted by Gasteiger charge is -2.39. The highest BCUT2D eigenvalue weighted by molar-refractivity contribution is 5.95. The summed E-state index contributed by atoms with van der Waals surface area (Å²) in [6.45, 7) is -0.760. The van der Waals surface area contributed by atoms with Crippen LogP contribution < -0.4 is 4.90 Å². The summed E-state index contributed by atoms with van der Waals surface area (Å²) in [5.41, 5.74) is 1.33. The number of alkyl halides is 3. The minimum Gasteiger partial charge on any atom is -0.394 e. The van der Waals surface area contributed by atoms with Gasteiger partial charge >= 0.3 is 6.18 Å². The van der Waals surface area contributed by atoms with Crippen LogP contribution in [0.25, 0.3) is 10.9 Å². The summed E-state index contributed by atoms with van der Waals surface area (Å²) in [5, 5.41) is 19.0. The molecule has 0 unspecified atom stereocenters. The van der Waals surface area contributed by atoms with Gasteiger partial charge in [0.05, 0.1) is 30.3 Å². The van der Waals surface area contributed by atoms with Crippen LogP contribution in [0.1, 0.15) is 5.56 Å². The molecule has 0 aliphatic carbocycles. The fourth-order valence-corrected chi connectivity index (χ4v) is 2.84. The Morgan fingerprint density at radius 2 is 2.12 bits per heavy atom. The highest BCUT2D eigenvalue weighted by atomic mass is 19.4.